The van der Waals surface area contributed by atoms with Gasteiger partial charge >= 0.3 is 0 Å². The van der Waals surface area contributed by atoms with E-state index < -0.39 is 0 Å². The van der Waals surface area contributed by atoms with Gasteiger partial charge in [0, 0.05) is 6.54 Å². The molecule has 1 aliphatic rings. The Kier molecular flexibility index (Phi) is 2.78. The van der Waals surface area contributed by atoms with Gasteiger partial charge in [0.1, 0.15) is 0 Å². The lowest BCUT2D eigenvalue weighted by Crippen LogP contribution is -2.24. The molecule has 3 rings (SSSR count). The molecule has 1 atom stereocenters. The van der Waals surface area contributed by atoms with Gasteiger partial charge in [0.15, 0.2) is 5.13 Å². The van der Waals surface area contributed by atoms with Crippen molar-refractivity contribution in [1.29, 1.82) is 0 Å². The van der Waals surface area contributed by atoms with Crippen LogP contribution >= 0.6 is 11.3 Å². The normalized spacial score (nSPS) is 19.6. The summed E-state index contributed by atoms with van der Waals surface area (Å²) in [6, 6.07) is 7.90. The van der Waals surface area contributed by atoms with Crippen molar-refractivity contribution >= 4 is 32.6 Å². The molecule has 1 saturated heterocycles. The lowest BCUT2D eigenvalue weighted by molar-refractivity contribution is -0.119. The molecule has 5 heteroatoms. The SMILES string of the molecule is O=C(Nc1nc2ccccc2s1)C1CCNC1. The van der Waals surface area contributed by atoms with Crippen LogP contribution in [0.4, 0.5) is 5.13 Å². The van der Waals surface area contributed by atoms with Crippen LogP contribution < -0.4 is 10.6 Å². The van der Waals surface area contributed by atoms with Crippen LogP contribution in [0.3, 0.4) is 0 Å². The summed E-state index contributed by atoms with van der Waals surface area (Å²) in [5.74, 6) is 0.163. The minimum absolute atomic E-state index is 0.0778. The Morgan fingerprint density at radius 3 is 3.12 bits per heavy atom. The Hall–Kier alpha value is -1.46. The van der Waals surface area contributed by atoms with E-state index in [9.17, 15) is 4.79 Å². The zero-order valence-corrected chi connectivity index (χ0v) is 10.1. The summed E-state index contributed by atoms with van der Waals surface area (Å²) in [6.07, 6.45) is 0.913. The van der Waals surface area contributed by atoms with Crippen LogP contribution in [0.2, 0.25) is 0 Å². The fraction of sp³-hybridized carbons (Fsp3) is 0.333. The van der Waals surface area contributed by atoms with Gasteiger partial charge in [-0.25, -0.2) is 4.98 Å². The topological polar surface area (TPSA) is 54.0 Å². The third kappa shape index (κ3) is 2.16. The van der Waals surface area contributed by atoms with Crippen molar-refractivity contribution in [2.45, 2.75) is 6.42 Å². The van der Waals surface area contributed by atoms with Crippen LogP contribution in [0.15, 0.2) is 24.3 Å². The molecule has 1 amide bonds. The summed E-state index contributed by atoms with van der Waals surface area (Å²) >= 11 is 1.52. The third-order valence-electron chi connectivity index (χ3n) is 2.96. The van der Waals surface area contributed by atoms with E-state index in [1.807, 2.05) is 24.3 Å². The van der Waals surface area contributed by atoms with Crippen LogP contribution in [-0.4, -0.2) is 24.0 Å². The maximum atomic E-state index is 11.9. The first kappa shape index (κ1) is 10.7. The number of anilines is 1. The number of carbonyl (C=O) groups excluding carboxylic acids is 1. The molecule has 2 heterocycles. The predicted molar refractivity (Wildman–Crippen MR) is 69.2 cm³/mol. The Bertz CT molecular complexity index is 512. The minimum atomic E-state index is 0.0778. The number of rotatable bonds is 2. The molecule has 1 fully saturated rings. The number of carbonyl (C=O) groups is 1. The Morgan fingerprint density at radius 1 is 1.47 bits per heavy atom. The molecule has 0 saturated carbocycles. The van der Waals surface area contributed by atoms with Crippen molar-refractivity contribution in [3.05, 3.63) is 24.3 Å². The summed E-state index contributed by atoms with van der Waals surface area (Å²) in [6.45, 7) is 1.70. The first-order chi connectivity index (χ1) is 8.33. The van der Waals surface area contributed by atoms with E-state index in [0.717, 1.165) is 29.7 Å². The summed E-state index contributed by atoms with van der Waals surface area (Å²) in [4.78, 5) is 16.3. The van der Waals surface area contributed by atoms with Crippen LogP contribution in [0.5, 0.6) is 0 Å². The number of benzene rings is 1. The zero-order valence-electron chi connectivity index (χ0n) is 9.27. The van der Waals surface area contributed by atoms with Gasteiger partial charge in [-0.1, -0.05) is 23.5 Å². The van der Waals surface area contributed by atoms with Crippen LogP contribution in [0, 0.1) is 5.92 Å². The number of nitrogens with zero attached hydrogens (tertiary/aromatic N) is 1. The molecule has 1 aromatic heterocycles. The highest BCUT2D eigenvalue weighted by Crippen LogP contribution is 2.26. The molecule has 2 N–H and O–H groups in total. The van der Waals surface area contributed by atoms with Crippen molar-refractivity contribution in [3.63, 3.8) is 0 Å². The van der Waals surface area contributed by atoms with E-state index in [2.05, 4.69) is 15.6 Å². The number of fused-ring (bicyclic) bond motifs is 1. The second-order valence-electron chi connectivity index (χ2n) is 4.17. The second-order valence-corrected chi connectivity index (χ2v) is 5.20. The first-order valence-electron chi connectivity index (χ1n) is 5.70. The summed E-state index contributed by atoms with van der Waals surface area (Å²) in [7, 11) is 0. The van der Waals surface area contributed by atoms with Crippen molar-refractivity contribution in [3.8, 4) is 0 Å². The molecular formula is C12H13N3OS. The molecule has 17 heavy (non-hydrogen) atoms. The summed E-state index contributed by atoms with van der Waals surface area (Å²) in [5.41, 5.74) is 0.942. The van der Waals surface area contributed by atoms with Crippen molar-refractivity contribution in [2.75, 3.05) is 18.4 Å². The Balaban J connectivity index is 1.77. The minimum Gasteiger partial charge on any atom is -0.316 e. The Labute approximate surface area is 103 Å². The molecule has 0 aliphatic carbocycles. The van der Waals surface area contributed by atoms with E-state index in [4.69, 9.17) is 0 Å². The number of thiazole rings is 1. The van der Waals surface area contributed by atoms with Crippen molar-refractivity contribution in [2.24, 2.45) is 5.92 Å². The molecule has 1 unspecified atom stereocenters. The van der Waals surface area contributed by atoms with Gasteiger partial charge < -0.3 is 10.6 Å². The molecule has 0 radical (unpaired) electrons. The maximum Gasteiger partial charge on any atom is 0.230 e. The fourth-order valence-corrected chi connectivity index (χ4v) is 2.88. The van der Waals surface area contributed by atoms with Gasteiger partial charge in [0.2, 0.25) is 5.91 Å². The molecule has 1 aliphatic heterocycles. The molecule has 4 nitrogen and oxygen atoms in total. The van der Waals surface area contributed by atoms with Crippen molar-refractivity contribution in [1.82, 2.24) is 10.3 Å². The van der Waals surface area contributed by atoms with E-state index >= 15 is 0 Å². The summed E-state index contributed by atoms with van der Waals surface area (Å²) in [5, 5.41) is 6.79. The van der Waals surface area contributed by atoms with Gasteiger partial charge in [0.25, 0.3) is 0 Å². The number of hydrogen-bond acceptors (Lipinski definition) is 4. The number of aromatic nitrogens is 1. The predicted octanol–water partition coefficient (Wildman–Crippen LogP) is 1.84. The fourth-order valence-electron chi connectivity index (χ4n) is 2.01. The number of nitrogens with one attached hydrogen (secondary N) is 2. The highest BCUT2D eigenvalue weighted by atomic mass is 32.1. The van der Waals surface area contributed by atoms with Gasteiger partial charge in [-0.05, 0) is 25.1 Å². The van der Waals surface area contributed by atoms with E-state index in [-0.39, 0.29) is 11.8 Å². The first-order valence-corrected chi connectivity index (χ1v) is 6.52. The standard InChI is InChI=1S/C12H13N3OS/c16-11(8-5-6-13-7-8)15-12-14-9-3-1-2-4-10(9)17-12/h1-4,8,13H,5-7H2,(H,14,15,16). The maximum absolute atomic E-state index is 11.9. The van der Waals surface area contributed by atoms with E-state index in [1.54, 1.807) is 0 Å². The quantitative estimate of drug-likeness (QED) is 0.851. The lowest BCUT2D eigenvalue weighted by atomic mass is 10.1. The van der Waals surface area contributed by atoms with Gasteiger partial charge in [-0.3, -0.25) is 4.79 Å². The van der Waals surface area contributed by atoms with E-state index in [1.165, 1.54) is 11.3 Å². The highest BCUT2D eigenvalue weighted by Gasteiger charge is 2.23. The van der Waals surface area contributed by atoms with Crippen LogP contribution in [0.25, 0.3) is 10.2 Å². The largest absolute Gasteiger partial charge is 0.316 e. The van der Waals surface area contributed by atoms with E-state index in [0.29, 0.717) is 5.13 Å². The third-order valence-corrected chi connectivity index (χ3v) is 3.91. The van der Waals surface area contributed by atoms with Gasteiger partial charge in [-0.2, -0.15) is 0 Å². The number of hydrogen-bond donors (Lipinski definition) is 2. The molecule has 0 bridgehead atoms. The highest BCUT2D eigenvalue weighted by molar-refractivity contribution is 7.22. The second kappa shape index (κ2) is 4.43. The number of para-hydroxylation sites is 1. The van der Waals surface area contributed by atoms with Gasteiger partial charge in [-0.15, -0.1) is 0 Å². The Morgan fingerprint density at radius 2 is 2.35 bits per heavy atom. The monoisotopic (exact) mass is 247 g/mol. The molecule has 1 aromatic carbocycles. The van der Waals surface area contributed by atoms with Crippen molar-refractivity contribution < 1.29 is 4.79 Å². The lowest BCUT2D eigenvalue weighted by Gasteiger charge is -2.06. The molecule has 0 spiro atoms. The van der Waals surface area contributed by atoms with Crippen LogP contribution in [0.1, 0.15) is 6.42 Å². The average molecular weight is 247 g/mol. The number of amides is 1. The zero-order chi connectivity index (χ0) is 11.7. The smallest absolute Gasteiger partial charge is 0.230 e. The molecule has 2 aromatic rings. The summed E-state index contributed by atoms with van der Waals surface area (Å²) < 4.78 is 1.10. The van der Waals surface area contributed by atoms with Gasteiger partial charge in [0.05, 0.1) is 16.1 Å². The molecule has 88 valence electrons. The van der Waals surface area contributed by atoms with Crippen LogP contribution in [-0.2, 0) is 4.79 Å². The average Bonchev–Trinajstić information content (AvgIpc) is 2.97. The molecular weight excluding hydrogens is 234 g/mol.